The summed E-state index contributed by atoms with van der Waals surface area (Å²) in [7, 11) is 0. The third kappa shape index (κ3) is 3.94. The second kappa shape index (κ2) is 6.88. The molecule has 0 aromatic heterocycles. The normalized spacial score (nSPS) is 32.7. The van der Waals surface area contributed by atoms with E-state index in [-0.39, 0.29) is 0 Å². The molecule has 1 saturated carbocycles. The smallest absolute Gasteiger partial charge is 0.0248 e. The molecule has 1 aliphatic carbocycles. The highest BCUT2D eigenvalue weighted by Crippen LogP contribution is 2.22. The van der Waals surface area contributed by atoms with E-state index >= 15 is 0 Å². The van der Waals surface area contributed by atoms with Gasteiger partial charge in [-0.05, 0) is 18.8 Å². The maximum Gasteiger partial charge on any atom is 0.0248 e. The highest BCUT2D eigenvalue weighted by atomic mass is 15.3. The Bertz CT molecular complexity index is 234. The molecule has 106 valence electrons. The van der Waals surface area contributed by atoms with Gasteiger partial charge in [-0.2, -0.15) is 0 Å². The van der Waals surface area contributed by atoms with Gasteiger partial charge in [-0.15, -0.1) is 0 Å². The van der Waals surface area contributed by atoms with Crippen LogP contribution in [0.2, 0.25) is 0 Å². The van der Waals surface area contributed by atoms with Crippen molar-refractivity contribution in [3.05, 3.63) is 0 Å². The molecule has 0 aromatic rings. The molecule has 0 spiro atoms. The van der Waals surface area contributed by atoms with Crippen molar-refractivity contribution in [2.45, 2.75) is 58.0 Å². The summed E-state index contributed by atoms with van der Waals surface area (Å²) in [6.45, 7) is 10.8. The Morgan fingerprint density at radius 3 is 2.33 bits per heavy atom. The minimum Gasteiger partial charge on any atom is -0.326 e. The van der Waals surface area contributed by atoms with Gasteiger partial charge in [-0.3, -0.25) is 4.90 Å². The van der Waals surface area contributed by atoms with Crippen molar-refractivity contribution in [2.24, 2.45) is 11.7 Å². The van der Waals surface area contributed by atoms with Crippen LogP contribution in [0.15, 0.2) is 0 Å². The molecule has 18 heavy (non-hydrogen) atoms. The van der Waals surface area contributed by atoms with E-state index in [0.717, 1.165) is 5.92 Å². The molecule has 0 bridgehead atoms. The van der Waals surface area contributed by atoms with Crippen LogP contribution >= 0.6 is 0 Å². The standard InChI is InChI=1S/C15H31N3/c1-13(2)12-17-8-10-18(11-9-17)15-7-5-3-4-6-14(15)16/h13-15H,3-12,16H2,1-2H3. The minimum absolute atomic E-state index is 0.421. The Morgan fingerprint density at radius 2 is 1.67 bits per heavy atom. The van der Waals surface area contributed by atoms with E-state index in [1.165, 1.54) is 64.8 Å². The lowest BCUT2D eigenvalue weighted by Crippen LogP contribution is -2.55. The van der Waals surface area contributed by atoms with Gasteiger partial charge >= 0.3 is 0 Å². The second-order valence-corrected chi connectivity index (χ2v) is 6.60. The Kier molecular flexibility index (Phi) is 5.46. The molecule has 3 heteroatoms. The van der Waals surface area contributed by atoms with Crippen LogP contribution in [0.3, 0.4) is 0 Å². The van der Waals surface area contributed by atoms with Gasteiger partial charge in [0.25, 0.3) is 0 Å². The third-order valence-electron chi connectivity index (χ3n) is 4.53. The van der Waals surface area contributed by atoms with Gasteiger partial charge in [-0.25, -0.2) is 0 Å². The molecular weight excluding hydrogens is 222 g/mol. The number of piperazine rings is 1. The van der Waals surface area contributed by atoms with E-state index < -0.39 is 0 Å². The summed E-state index contributed by atoms with van der Waals surface area (Å²) in [6.07, 6.45) is 6.66. The molecule has 3 nitrogen and oxygen atoms in total. The SMILES string of the molecule is CC(C)CN1CCN(C2CCCCCC2N)CC1. The van der Waals surface area contributed by atoms with Crippen LogP contribution in [0.25, 0.3) is 0 Å². The van der Waals surface area contributed by atoms with Crippen molar-refractivity contribution in [1.82, 2.24) is 9.80 Å². The van der Waals surface area contributed by atoms with Crippen molar-refractivity contribution in [2.75, 3.05) is 32.7 Å². The van der Waals surface area contributed by atoms with Gasteiger partial charge in [0.05, 0.1) is 0 Å². The molecule has 1 aliphatic heterocycles. The fourth-order valence-electron chi connectivity index (χ4n) is 3.56. The molecule has 1 saturated heterocycles. The van der Waals surface area contributed by atoms with E-state index in [1.807, 2.05) is 0 Å². The maximum absolute atomic E-state index is 6.37. The molecule has 2 N–H and O–H groups in total. The number of rotatable bonds is 3. The zero-order valence-electron chi connectivity index (χ0n) is 12.3. The van der Waals surface area contributed by atoms with Crippen LogP contribution < -0.4 is 5.73 Å². The van der Waals surface area contributed by atoms with E-state index in [9.17, 15) is 0 Å². The first-order valence-corrected chi connectivity index (χ1v) is 7.89. The predicted octanol–water partition coefficient (Wildman–Crippen LogP) is 1.92. The molecule has 2 atom stereocenters. The summed E-state index contributed by atoms with van der Waals surface area (Å²) in [5.41, 5.74) is 6.37. The molecule has 0 amide bonds. The van der Waals surface area contributed by atoms with Crippen LogP contribution in [0.1, 0.15) is 46.0 Å². The molecule has 2 unspecified atom stereocenters. The first-order chi connectivity index (χ1) is 8.66. The first kappa shape index (κ1) is 14.3. The van der Waals surface area contributed by atoms with E-state index in [4.69, 9.17) is 5.73 Å². The topological polar surface area (TPSA) is 32.5 Å². The van der Waals surface area contributed by atoms with Crippen LogP contribution in [0.4, 0.5) is 0 Å². The lowest BCUT2D eigenvalue weighted by atomic mass is 10.0. The monoisotopic (exact) mass is 253 g/mol. The van der Waals surface area contributed by atoms with Crippen molar-refractivity contribution >= 4 is 0 Å². The molecule has 2 fully saturated rings. The summed E-state index contributed by atoms with van der Waals surface area (Å²) in [5.74, 6) is 0.789. The number of hydrogen-bond donors (Lipinski definition) is 1. The summed E-state index contributed by atoms with van der Waals surface area (Å²) >= 11 is 0. The maximum atomic E-state index is 6.37. The van der Waals surface area contributed by atoms with Gasteiger partial charge in [0.1, 0.15) is 0 Å². The molecule has 0 aromatic carbocycles. The molecule has 2 aliphatic rings. The second-order valence-electron chi connectivity index (χ2n) is 6.60. The average Bonchev–Trinajstić information content (AvgIpc) is 2.54. The average molecular weight is 253 g/mol. The largest absolute Gasteiger partial charge is 0.326 e. The Labute approximate surface area is 113 Å². The van der Waals surface area contributed by atoms with Crippen LogP contribution in [-0.4, -0.2) is 54.6 Å². The van der Waals surface area contributed by atoms with Gasteiger partial charge in [0.2, 0.25) is 0 Å². The van der Waals surface area contributed by atoms with Gasteiger partial charge in [-0.1, -0.05) is 33.1 Å². The van der Waals surface area contributed by atoms with Gasteiger partial charge < -0.3 is 10.6 Å². The van der Waals surface area contributed by atoms with Crippen molar-refractivity contribution in [1.29, 1.82) is 0 Å². The van der Waals surface area contributed by atoms with E-state index in [1.54, 1.807) is 0 Å². The summed E-state index contributed by atoms with van der Waals surface area (Å²) in [4.78, 5) is 5.29. The summed E-state index contributed by atoms with van der Waals surface area (Å²) in [6, 6.07) is 1.08. The van der Waals surface area contributed by atoms with Gasteiger partial charge in [0, 0.05) is 44.8 Å². The van der Waals surface area contributed by atoms with Crippen molar-refractivity contribution in [3.8, 4) is 0 Å². The number of hydrogen-bond acceptors (Lipinski definition) is 3. The summed E-state index contributed by atoms with van der Waals surface area (Å²) < 4.78 is 0. The zero-order valence-corrected chi connectivity index (χ0v) is 12.3. The van der Waals surface area contributed by atoms with Crippen molar-refractivity contribution in [3.63, 3.8) is 0 Å². The molecular formula is C15H31N3. The van der Waals surface area contributed by atoms with Crippen LogP contribution in [0.5, 0.6) is 0 Å². The number of nitrogens with two attached hydrogens (primary N) is 1. The first-order valence-electron chi connectivity index (χ1n) is 7.89. The van der Waals surface area contributed by atoms with Crippen LogP contribution in [0, 0.1) is 5.92 Å². The predicted molar refractivity (Wildman–Crippen MR) is 77.7 cm³/mol. The number of nitrogens with zero attached hydrogens (tertiary/aromatic N) is 2. The summed E-state index contributed by atoms with van der Waals surface area (Å²) in [5, 5.41) is 0. The molecule has 0 radical (unpaired) electrons. The molecule has 2 rings (SSSR count). The third-order valence-corrected chi connectivity index (χ3v) is 4.53. The fraction of sp³-hybridized carbons (Fsp3) is 1.00. The highest BCUT2D eigenvalue weighted by molar-refractivity contribution is 4.87. The minimum atomic E-state index is 0.421. The van der Waals surface area contributed by atoms with Crippen molar-refractivity contribution < 1.29 is 0 Å². The molecule has 1 heterocycles. The van der Waals surface area contributed by atoms with Gasteiger partial charge in [0.15, 0.2) is 0 Å². The Hall–Kier alpha value is -0.120. The Morgan fingerprint density at radius 1 is 1.00 bits per heavy atom. The lowest BCUT2D eigenvalue weighted by molar-refractivity contribution is 0.0756. The zero-order chi connectivity index (χ0) is 13.0. The Balaban J connectivity index is 1.80. The fourth-order valence-corrected chi connectivity index (χ4v) is 3.56. The van der Waals surface area contributed by atoms with Crippen LogP contribution in [-0.2, 0) is 0 Å². The van der Waals surface area contributed by atoms with E-state index in [2.05, 4.69) is 23.6 Å². The quantitative estimate of drug-likeness (QED) is 0.780. The van der Waals surface area contributed by atoms with E-state index in [0.29, 0.717) is 12.1 Å². The highest BCUT2D eigenvalue weighted by Gasteiger charge is 2.28. The lowest BCUT2D eigenvalue weighted by Gasteiger charge is -2.41.